The largest absolute Gasteiger partial charge is 0.388 e. The highest BCUT2D eigenvalue weighted by Gasteiger charge is 2.48. The monoisotopic (exact) mass is 569 g/mol. The fourth-order valence-electron chi connectivity index (χ4n) is 6.32. The van der Waals surface area contributed by atoms with Crippen LogP contribution in [0.5, 0.6) is 0 Å². The number of fused-ring (bicyclic) bond motifs is 3. The summed E-state index contributed by atoms with van der Waals surface area (Å²) < 4.78 is 8.54. The van der Waals surface area contributed by atoms with Gasteiger partial charge in [0, 0.05) is 37.7 Å². The van der Waals surface area contributed by atoms with Gasteiger partial charge in [0.1, 0.15) is 35.9 Å². The van der Waals surface area contributed by atoms with Crippen LogP contribution in [0.25, 0.3) is 22.1 Å². The van der Waals surface area contributed by atoms with Crippen LogP contribution >= 0.6 is 23.2 Å². The van der Waals surface area contributed by atoms with Crippen LogP contribution in [0.1, 0.15) is 50.9 Å². The van der Waals surface area contributed by atoms with E-state index in [2.05, 4.69) is 47.7 Å². The van der Waals surface area contributed by atoms with Crippen molar-refractivity contribution in [2.45, 2.75) is 76.0 Å². The summed E-state index contributed by atoms with van der Waals surface area (Å²) in [6.45, 7) is 3.96. The second-order valence-electron chi connectivity index (χ2n) is 11.3. The van der Waals surface area contributed by atoms with E-state index in [-0.39, 0.29) is 24.3 Å². The zero-order valence-corrected chi connectivity index (χ0v) is 23.4. The number of halogens is 2. The molecule has 4 aromatic rings. The van der Waals surface area contributed by atoms with E-state index in [0.717, 1.165) is 72.5 Å². The maximum atomic E-state index is 11.3. The Kier molecular flexibility index (Phi) is 6.67. The predicted molar refractivity (Wildman–Crippen MR) is 152 cm³/mol. The number of nitrogens with zero attached hydrogens (tertiary/aromatic N) is 5. The molecule has 0 amide bonds. The molecule has 0 bridgehead atoms. The molecule has 1 saturated heterocycles. The number of unbranched alkanes of at least 4 members (excludes halogenated alkanes) is 1. The summed E-state index contributed by atoms with van der Waals surface area (Å²) in [4.78, 5) is 19.5. The lowest BCUT2D eigenvalue weighted by molar-refractivity contribution is -0.173. The molecule has 3 aliphatic rings. The molecule has 0 spiro atoms. The fourth-order valence-corrected chi connectivity index (χ4v) is 6.65. The third-order valence-corrected chi connectivity index (χ3v) is 9.27. The molecule has 3 aromatic heterocycles. The van der Waals surface area contributed by atoms with Gasteiger partial charge in [0.25, 0.3) is 0 Å². The van der Waals surface area contributed by atoms with Crippen LogP contribution in [0.2, 0.25) is 10.0 Å². The van der Waals surface area contributed by atoms with E-state index < -0.39 is 6.10 Å². The molecule has 1 aliphatic heterocycles. The first kappa shape index (κ1) is 25.5. The van der Waals surface area contributed by atoms with E-state index in [4.69, 9.17) is 27.9 Å². The van der Waals surface area contributed by atoms with Gasteiger partial charge in [-0.15, -0.1) is 0 Å². The van der Waals surface area contributed by atoms with Crippen molar-refractivity contribution in [3.8, 4) is 0 Å². The third-order valence-electron chi connectivity index (χ3n) is 8.54. The summed E-state index contributed by atoms with van der Waals surface area (Å²) in [5, 5.41) is 16.9. The summed E-state index contributed by atoms with van der Waals surface area (Å²) >= 11 is 12.3. The first-order valence-electron chi connectivity index (χ1n) is 13.9. The van der Waals surface area contributed by atoms with E-state index in [0.29, 0.717) is 16.1 Å². The lowest BCUT2D eigenvalue weighted by Gasteiger charge is -2.41. The Hall–Kier alpha value is -2.43. The minimum absolute atomic E-state index is 0.0341. The van der Waals surface area contributed by atoms with Crippen molar-refractivity contribution in [2.75, 3.05) is 18.4 Å². The molecular formula is C28H33Cl2N7O2. The summed E-state index contributed by atoms with van der Waals surface area (Å²) in [5.74, 6) is 2.11. The SMILES string of the molecule is CC1O[C@@H]2C(C[C@@H](n3ccc4c(NC5CC5)ncnc43)[C@@H]2O)CN1CCCCc1nc2cc(Cl)c(Cl)cc2[nH]1. The Morgan fingerprint density at radius 1 is 1.18 bits per heavy atom. The summed E-state index contributed by atoms with van der Waals surface area (Å²) in [5.41, 5.74) is 2.63. The van der Waals surface area contributed by atoms with Crippen molar-refractivity contribution < 1.29 is 9.84 Å². The number of rotatable bonds is 8. The first-order chi connectivity index (χ1) is 18.9. The number of aliphatic hydroxyl groups is 1. The number of aryl methyl sites for hydroxylation is 1. The van der Waals surface area contributed by atoms with Gasteiger partial charge in [-0.3, -0.25) is 4.90 Å². The summed E-state index contributed by atoms with van der Waals surface area (Å²) in [7, 11) is 0. The molecule has 2 unspecified atom stereocenters. The van der Waals surface area contributed by atoms with Crippen LogP contribution in [0.4, 0.5) is 5.82 Å². The quantitative estimate of drug-likeness (QED) is 0.251. The van der Waals surface area contributed by atoms with Crippen molar-refractivity contribution in [1.29, 1.82) is 0 Å². The highest BCUT2D eigenvalue weighted by Crippen LogP contribution is 2.42. The van der Waals surface area contributed by atoms with Crippen molar-refractivity contribution >= 4 is 51.1 Å². The van der Waals surface area contributed by atoms with Crippen LogP contribution in [0.3, 0.4) is 0 Å². The molecule has 7 rings (SSSR count). The lowest BCUT2D eigenvalue weighted by Crippen LogP contribution is -2.51. The van der Waals surface area contributed by atoms with Crippen LogP contribution < -0.4 is 5.32 Å². The molecule has 2 saturated carbocycles. The van der Waals surface area contributed by atoms with E-state index >= 15 is 0 Å². The van der Waals surface area contributed by atoms with E-state index in [9.17, 15) is 5.11 Å². The lowest BCUT2D eigenvalue weighted by atomic mass is 10.0. The second kappa shape index (κ2) is 10.2. The molecule has 4 heterocycles. The minimum atomic E-state index is -0.569. The molecule has 0 radical (unpaired) electrons. The second-order valence-corrected chi connectivity index (χ2v) is 12.1. The van der Waals surface area contributed by atoms with Gasteiger partial charge in [-0.2, -0.15) is 0 Å². The Morgan fingerprint density at radius 2 is 2.03 bits per heavy atom. The van der Waals surface area contributed by atoms with Gasteiger partial charge < -0.3 is 24.7 Å². The normalized spacial score (nSPS) is 27.4. The van der Waals surface area contributed by atoms with Crippen LogP contribution in [0, 0.1) is 5.92 Å². The zero-order chi connectivity index (χ0) is 26.7. The number of hydrogen-bond acceptors (Lipinski definition) is 7. The average molecular weight is 571 g/mol. The van der Waals surface area contributed by atoms with Crippen molar-refractivity contribution in [2.24, 2.45) is 5.92 Å². The molecule has 9 nitrogen and oxygen atoms in total. The number of aliphatic hydroxyl groups excluding tert-OH is 1. The average Bonchev–Trinajstić information content (AvgIpc) is 3.35. The number of imidazole rings is 1. The first-order valence-corrected chi connectivity index (χ1v) is 14.7. The topological polar surface area (TPSA) is 104 Å². The molecule has 3 N–H and O–H groups in total. The number of anilines is 1. The van der Waals surface area contributed by atoms with Gasteiger partial charge in [-0.05, 0) is 57.2 Å². The Labute approximate surface area is 236 Å². The van der Waals surface area contributed by atoms with Gasteiger partial charge in [0.15, 0.2) is 0 Å². The molecule has 3 fully saturated rings. The highest BCUT2D eigenvalue weighted by molar-refractivity contribution is 6.42. The van der Waals surface area contributed by atoms with Gasteiger partial charge in [-0.25, -0.2) is 15.0 Å². The van der Waals surface area contributed by atoms with E-state index in [1.165, 1.54) is 12.8 Å². The van der Waals surface area contributed by atoms with Gasteiger partial charge in [-0.1, -0.05) is 23.2 Å². The smallest absolute Gasteiger partial charge is 0.145 e. The third kappa shape index (κ3) is 4.89. The number of aromatic nitrogens is 5. The van der Waals surface area contributed by atoms with Crippen molar-refractivity contribution in [3.63, 3.8) is 0 Å². The summed E-state index contributed by atoms with van der Waals surface area (Å²) in [6.07, 6.45) is 9.03. The van der Waals surface area contributed by atoms with E-state index in [1.807, 2.05) is 12.3 Å². The molecule has 1 aromatic carbocycles. The maximum absolute atomic E-state index is 11.3. The predicted octanol–water partition coefficient (Wildman–Crippen LogP) is 5.18. The Balaban J connectivity index is 0.975. The van der Waals surface area contributed by atoms with Crippen molar-refractivity contribution in [1.82, 2.24) is 29.4 Å². The minimum Gasteiger partial charge on any atom is -0.388 e. The molecule has 5 atom stereocenters. The Bertz CT molecular complexity index is 1460. The number of ether oxygens (including phenoxy) is 1. The highest BCUT2D eigenvalue weighted by atomic mass is 35.5. The summed E-state index contributed by atoms with van der Waals surface area (Å²) in [6, 6.07) is 6.15. The molecular weight excluding hydrogens is 537 g/mol. The van der Waals surface area contributed by atoms with Crippen molar-refractivity contribution in [3.05, 3.63) is 46.6 Å². The molecule has 206 valence electrons. The zero-order valence-electron chi connectivity index (χ0n) is 21.9. The number of aromatic amines is 1. The number of H-pyrrole nitrogens is 1. The van der Waals surface area contributed by atoms with Crippen LogP contribution in [-0.4, -0.2) is 72.1 Å². The number of hydrogen-bond donors (Lipinski definition) is 3. The maximum Gasteiger partial charge on any atom is 0.145 e. The van der Waals surface area contributed by atoms with Crippen LogP contribution in [0.15, 0.2) is 30.7 Å². The van der Waals surface area contributed by atoms with Gasteiger partial charge in [0.05, 0.1) is 38.6 Å². The Morgan fingerprint density at radius 3 is 2.87 bits per heavy atom. The van der Waals surface area contributed by atoms with Crippen LogP contribution in [-0.2, 0) is 11.2 Å². The number of nitrogens with one attached hydrogen (secondary N) is 2. The van der Waals surface area contributed by atoms with Gasteiger partial charge in [0.2, 0.25) is 0 Å². The fraction of sp³-hybridized carbons (Fsp3) is 0.536. The van der Waals surface area contributed by atoms with Gasteiger partial charge >= 0.3 is 0 Å². The number of benzene rings is 1. The standard InChI is InChI=1S/C28H33Cl2N7O2/c1-15-36(8-3-2-4-24-34-21-11-19(29)20(30)12-22(21)35-24)13-16-10-23(25(38)26(16)39-15)37-9-7-18-27(33-17-5-6-17)31-14-32-28(18)37/h7,9,11-12,14-17,23,25-26,38H,2-6,8,10,13H2,1H3,(H,34,35)(H,31,32,33)/t15?,16?,23-,25+,26-/m1/s1. The van der Waals surface area contributed by atoms with E-state index in [1.54, 1.807) is 12.4 Å². The molecule has 2 aliphatic carbocycles. The molecule has 11 heteroatoms. The molecule has 39 heavy (non-hydrogen) atoms.